The summed E-state index contributed by atoms with van der Waals surface area (Å²) in [6, 6.07) is 2.81. The van der Waals surface area contributed by atoms with Crippen LogP contribution in [0.2, 0.25) is 0 Å². The maximum absolute atomic E-state index is 10.5. The molecule has 17 heavy (non-hydrogen) atoms. The number of hydrogen-bond donors (Lipinski definition) is 3. The number of nitrogens with one attached hydrogen (secondary N) is 1. The number of H-pyrrole nitrogens is 1. The van der Waals surface area contributed by atoms with E-state index in [1.807, 2.05) is 19.1 Å². The van der Waals surface area contributed by atoms with Gasteiger partial charge in [-0.1, -0.05) is 5.11 Å². The lowest BCUT2D eigenvalue weighted by atomic mass is 10.1. The van der Waals surface area contributed by atoms with Crippen LogP contribution in [-0.2, 0) is 0 Å². The number of hydrogen-bond acceptors (Lipinski definition) is 3. The second-order valence-corrected chi connectivity index (χ2v) is 4.38. The zero-order valence-corrected chi connectivity index (χ0v) is 10.4. The lowest BCUT2D eigenvalue weighted by Crippen LogP contribution is -2.01. The average molecular weight is 297 g/mol. The van der Waals surface area contributed by atoms with Crippen LogP contribution in [0.25, 0.3) is 10.9 Å². The van der Waals surface area contributed by atoms with Gasteiger partial charge in [0.2, 0.25) is 5.88 Å². The van der Waals surface area contributed by atoms with Gasteiger partial charge in [0.25, 0.3) is 0 Å². The first kappa shape index (κ1) is 11.6. The average Bonchev–Trinajstić information content (AvgIpc) is 2.52. The number of carbonyl (C=O) groups is 1. The van der Waals surface area contributed by atoms with Gasteiger partial charge in [0.05, 0.1) is 5.52 Å². The molecule has 0 saturated carbocycles. The summed E-state index contributed by atoms with van der Waals surface area (Å²) in [5, 5.41) is 17.2. The molecule has 1 heterocycles. The summed E-state index contributed by atoms with van der Waals surface area (Å²) in [5.74, 6) is -0.156. The first-order valence-electron chi connectivity index (χ1n) is 4.71. The number of azo groups is 1. The molecule has 2 aromatic rings. The van der Waals surface area contributed by atoms with Crippen LogP contribution in [0.4, 0.5) is 10.5 Å². The van der Waals surface area contributed by atoms with Crippen molar-refractivity contribution in [2.24, 2.45) is 16.0 Å². The van der Waals surface area contributed by atoms with Crippen molar-refractivity contribution in [2.45, 2.75) is 6.92 Å². The lowest BCUT2D eigenvalue weighted by Gasteiger charge is -1.97. The highest BCUT2D eigenvalue weighted by Gasteiger charge is 2.13. The number of nitrogens with zero attached hydrogens (tertiary/aromatic N) is 2. The molecule has 0 atom stereocenters. The van der Waals surface area contributed by atoms with Gasteiger partial charge < -0.3 is 15.8 Å². The van der Waals surface area contributed by atoms with Crippen molar-refractivity contribution in [2.75, 3.05) is 0 Å². The highest BCUT2D eigenvalue weighted by Crippen LogP contribution is 2.39. The third-order valence-corrected chi connectivity index (χ3v) is 2.83. The number of aromatic nitrogens is 1. The zero-order valence-electron chi connectivity index (χ0n) is 8.86. The zero-order chi connectivity index (χ0) is 12.6. The summed E-state index contributed by atoms with van der Waals surface area (Å²) in [5.41, 5.74) is 6.73. The molecule has 0 unspecified atom stereocenters. The van der Waals surface area contributed by atoms with Crippen LogP contribution in [0, 0.1) is 6.92 Å². The van der Waals surface area contributed by atoms with E-state index >= 15 is 0 Å². The monoisotopic (exact) mass is 296 g/mol. The second kappa shape index (κ2) is 4.17. The number of fused-ring (bicyclic) bond motifs is 1. The molecule has 2 rings (SSSR count). The van der Waals surface area contributed by atoms with Gasteiger partial charge in [-0.2, -0.15) is 0 Å². The molecule has 0 aliphatic heterocycles. The molecule has 7 heteroatoms. The van der Waals surface area contributed by atoms with Crippen LogP contribution < -0.4 is 5.73 Å². The topological polar surface area (TPSA) is 104 Å². The molecule has 0 fully saturated rings. The van der Waals surface area contributed by atoms with E-state index in [0.717, 1.165) is 10.0 Å². The van der Waals surface area contributed by atoms with Crippen LogP contribution in [0.15, 0.2) is 26.8 Å². The summed E-state index contributed by atoms with van der Waals surface area (Å²) in [4.78, 5) is 13.3. The minimum atomic E-state index is -0.912. The Morgan fingerprint density at radius 1 is 1.53 bits per heavy atom. The van der Waals surface area contributed by atoms with Gasteiger partial charge in [-0.15, -0.1) is 5.11 Å². The van der Waals surface area contributed by atoms with Gasteiger partial charge in [0.1, 0.15) is 0 Å². The molecule has 2 amide bonds. The highest BCUT2D eigenvalue weighted by atomic mass is 79.9. The molecular formula is C10H9BrN4O2. The van der Waals surface area contributed by atoms with Crippen LogP contribution in [0.1, 0.15) is 5.56 Å². The highest BCUT2D eigenvalue weighted by molar-refractivity contribution is 9.10. The van der Waals surface area contributed by atoms with Crippen molar-refractivity contribution in [3.8, 4) is 5.88 Å². The number of nitrogens with two attached hydrogens (primary N) is 1. The number of primary amides is 1. The van der Waals surface area contributed by atoms with Gasteiger partial charge in [-0.25, -0.2) is 4.79 Å². The van der Waals surface area contributed by atoms with Gasteiger partial charge in [-0.3, -0.25) is 0 Å². The van der Waals surface area contributed by atoms with Crippen molar-refractivity contribution in [1.29, 1.82) is 0 Å². The predicted octanol–water partition coefficient (Wildman–Crippen LogP) is 3.11. The number of urea groups is 1. The Hall–Kier alpha value is -1.89. The third kappa shape index (κ3) is 2.14. The molecule has 0 spiro atoms. The first-order chi connectivity index (χ1) is 7.99. The first-order valence-corrected chi connectivity index (χ1v) is 5.50. The summed E-state index contributed by atoms with van der Waals surface area (Å²) in [6.45, 7) is 1.91. The van der Waals surface area contributed by atoms with E-state index in [1.54, 1.807) is 0 Å². The number of aromatic hydroxyl groups is 1. The van der Waals surface area contributed by atoms with Gasteiger partial charge in [-0.05, 0) is 40.5 Å². The Labute approximate surface area is 105 Å². The van der Waals surface area contributed by atoms with E-state index in [0.29, 0.717) is 10.9 Å². The number of aryl methyl sites for hydroxylation is 1. The van der Waals surface area contributed by atoms with E-state index in [4.69, 9.17) is 5.73 Å². The molecule has 0 aliphatic rings. The molecular weight excluding hydrogens is 288 g/mol. The van der Waals surface area contributed by atoms with Crippen LogP contribution in [0.5, 0.6) is 5.88 Å². The molecule has 4 N–H and O–H groups in total. The smallest absolute Gasteiger partial charge is 0.356 e. The molecule has 6 nitrogen and oxygen atoms in total. The van der Waals surface area contributed by atoms with E-state index < -0.39 is 6.03 Å². The number of halogens is 1. The molecule has 1 aromatic carbocycles. The minimum Gasteiger partial charge on any atom is -0.493 e. The van der Waals surface area contributed by atoms with Crippen molar-refractivity contribution in [1.82, 2.24) is 4.98 Å². The Bertz CT molecular complexity index is 633. The number of amides is 2. The summed E-state index contributed by atoms with van der Waals surface area (Å²) in [7, 11) is 0. The Balaban J connectivity index is 2.70. The molecule has 0 aliphatic carbocycles. The maximum Gasteiger partial charge on any atom is 0.356 e. The fraction of sp³-hybridized carbons (Fsp3) is 0.100. The summed E-state index contributed by atoms with van der Waals surface area (Å²) >= 11 is 3.37. The Kier molecular flexibility index (Phi) is 2.84. The number of carbonyl (C=O) groups excluding carboxylic acids is 1. The van der Waals surface area contributed by atoms with Crippen LogP contribution in [0.3, 0.4) is 0 Å². The molecule has 1 aromatic heterocycles. The van der Waals surface area contributed by atoms with Gasteiger partial charge >= 0.3 is 6.03 Å². The molecule has 88 valence electrons. The molecule has 0 saturated heterocycles. The third-order valence-electron chi connectivity index (χ3n) is 2.21. The lowest BCUT2D eigenvalue weighted by molar-refractivity contribution is 0.255. The largest absolute Gasteiger partial charge is 0.493 e. The SMILES string of the molecule is Cc1cc(Br)c2[nH]c(O)c(N=NC(N)=O)c2c1. The second-order valence-electron chi connectivity index (χ2n) is 3.53. The predicted molar refractivity (Wildman–Crippen MR) is 66.5 cm³/mol. The van der Waals surface area contributed by atoms with Crippen LogP contribution in [-0.4, -0.2) is 16.1 Å². The van der Waals surface area contributed by atoms with Crippen molar-refractivity contribution in [3.05, 3.63) is 22.2 Å². The Morgan fingerprint density at radius 2 is 2.24 bits per heavy atom. The van der Waals surface area contributed by atoms with E-state index in [1.165, 1.54) is 0 Å². The normalized spacial score (nSPS) is 11.4. The number of rotatable bonds is 1. The standard InChI is InChI=1S/C10H9BrN4O2/c1-4-2-5-7(6(11)3-4)13-9(16)8(5)14-15-10(12)17/h2-3,13,16H,1H3,(H2,12,17). The van der Waals surface area contributed by atoms with Gasteiger partial charge in [0, 0.05) is 9.86 Å². The molecule has 0 radical (unpaired) electrons. The summed E-state index contributed by atoms with van der Waals surface area (Å²) < 4.78 is 0.795. The van der Waals surface area contributed by atoms with Gasteiger partial charge in [0.15, 0.2) is 5.69 Å². The Morgan fingerprint density at radius 3 is 2.88 bits per heavy atom. The summed E-state index contributed by atoms with van der Waals surface area (Å²) in [6.07, 6.45) is 0. The quantitative estimate of drug-likeness (QED) is 0.704. The van der Waals surface area contributed by atoms with Crippen molar-refractivity contribution in [3.63, 3.8) is 0 Å². The van der Waals surface area contributed by atoms with E-state index in [2.05, 4.69) is 31.1 Å². The van der Waals surface area contributed by atoms with Crippen molar-refractivity contribution >= 4 is 38.6 Å². The molecule has 0 bridgehead atoms. The fourth-order valence-corrected chi connectivity index (χ4v) is 2.24. The van der Waals surface area contributed by atoms with Crippen molar-refractivity contribution < 1.29 is 9.90 Å². The number of aromatic amines is 1. The van der Waals surface area contributed by atoms with Crippen LogP contribution >= 0.6 is 15.9 Å². The van der Waals surface area contributed by atoms with E-state index in [9.17, 15) is 9.90 Å². The van der Waals surface area contributed by atoms with E-state index in [-0.39, 0.29) is 11.6 Å². The minimum absolute atomic E-state index is 0.156. The maximum atomic E-state index is 10.5. The number of benzene rings is 1. The fourth-order valence-electron chi connectivity index (χ4n) is 1.56.